The molecule has 4 heterocycles. The van der Waals surface area contributed by atoms with Gasteiger partial charge in [-0.25, -0.2) is 19.7 Å². The zero-order chi connectivity index (χ0) is 26.8. The summed E-state index contributed by atoms with van der Waals surface area (Å²) in [6, 6.07) is 8.39. The third kappa shape index (κ3) is 7.52. The number of amides is 1. The van der Waals surface area contributed by atoms with E-state index >= 15 is 0 Å². The highest BCUT2D eigenvalue weighted by Gasteiger charge is 2.30. The fourth-order valence-corrected chi connectivity index (χ4v) is 4.73. The van der Waals surface area contributed by atoms with Crippen LogP contribution in [-0.4, -0.2) is 56.7 Å². The molecule has 1 fully saturated rings. The van der Waals surface area contributed by atoms with Gasteiger partial charge in [-0.2, -0.15) is 0 Å². The molecule has 3 N–H and O–H groups in total. The van der Waals surface area contributed by atoms with E-state index in [-0.39, 0.29) is 17.6 Å². The highest BCUT2D eigenvalue weighted by molar-refractivity contribution is 7.21. The van der Waals surface area contributed by atoms with E-state index in [1.54, 1.807) is 11.1 Å². The Morgan fingerprint density at radius 3 is 2.65 bits per heavy atom. The fraction of sp³-hybridized carbons (Fsp3) is 0.556. The van der Waals surface area contributed by atoms with Crippen LogP contribution in [0.4, 0.5) is 21.6 Å². The number of likely N-dealkylation sites (tertiary alicyclic amines) is 1. The third-order valence-electron chi connectivity index (χ3n) is 6.39. The number of hydrogen-bond acceptors (Lipinski definition) is 9. The lowest BCUT2D eigenvalue weighted by Gasteiger charge is -2.28. The molecule has 0 saturated carbocycles. The van der Waals surface area contributed by atoms with Gasteiger partial charge in [-0.3, -0.25) is 0 Å². The minimum atomic E-state index is -0.508. The molecule has 1 saturated heterocycles. The molecule has 0 bridgehead atoms. The van der Waals surface area contributed by atoms with E-state index < -0.39 is 5.60 Å². The van der Waals surface area contributed by atoms with Crippen molar-refractivity contribution in [2.24, 2.45) is 5.41 Å². The van der Waals surface area contributed by atoms with E-state index in [9.17, 15) is 4.79 Å². The van der Waals surface area contributed by atoms with Crippen molar-refractivity contribution in [3.8, 4) is 0 Å². The molecule has 3 aromatic rings. The Morgan fingerprint density at radius 2 is 1.95 bits per heavy atom. The second kappa shape index (κ2) is 10.8. The summed E-state index contributed by atoms with van der Waals surface area (Å²) in [7, 11) is 0. The van der Waals surface area contributed by atoms with Gasteiger partial charge in [0, 0.05) is 37.9 Å². The van der Waals surface area contributed by atoms with Crippen LogP contribution in [0, 0.1) is 5.41 Å². The molecule has 3 aromatic heterocycles. The van der Waals surface area contributed by atoms with Gasteiger partial charge in [-0.05, 0) is 69.4 Å². The molecular weight excluding hydrogens is 486 g/mol. The summed E-state index contributed by atoms with van der Waals surface area (Å²) in [5.41, 5.74) is 1.61. The van der Waals surface area contributed by atoms with E-state index in [0.29, 0.717) is 31.5 Å². The number of fused-ring (bicyclic) bond motifs is 1. The monoisotopic (exact) mass is 525 g/mol. The molecule has 1 aliphatic heterocycles. The smallest absolute Gasteiger partial charge is 0.410 e. The predicted octanol–water partition coefficient (Wildman–Crippen LogP) is 5.78. The molecule has 0 spiro atoms. The molecule has 4 rings (SSSR count). The largest absolute Gasteiger partial charge is 0.444 e. The molecule has 37 heavy (non-hydrogen) atoms. The van der Waals surface area contributed by atoms with Crippen molar-refractivity contribution in [3.05, 3.63) is 36.0 Å². The Kier molecular flexibility index (Phi) is 7.89. The normalized spacial score (nSPS) is 17.2. The van der Waals surface area contributed by atoms with Crippen molar-refractivity contribution in [1.29, 1.82) is 0 Å². The Balaban J connectivity index is 1.50. The van der Waals surface area contributed by atoms with Crippen LogP contribution in [0.1, 0.15) is 60.5 Å². The fourth-order valence-electron chi connectivity index (χ4n) is 3.92. The van der Waals surface area contributed by atoms with Gasteiger partial charge >= 0.3 is 6.09 Å². The third-order valence-corrected chi connectivity index (χ3v) is 7.28. The zero-order valence-corrected chi connectivity index (χ0v) is 23.7. The Labute approximate surface area is 223 Å². The first-order valence-corrected chi connectivity index (χ1v) is 13.6. The summed E-state index contributed by atoms with van der Waals surface area (Å²) in [6.07, 6.45) is 2.33. The van der Waals surface area contributed by atoms with Crippen LogP contribution in [0.3, 0.4) is 0 Å². The van der Waals surface area contributed by atoms with Crippen LogP contribution in [0.2, 0.25) is 0 Å². The van der Waals surface area contributed by atoms with Gasteiger partial charge in [0.25, 0.3) is 0 Å². The van der Waals surface area contributed by atoms with Crippen molar-refractivity contribution >= 4 is 44.5 Å². The lowest BCUT2D eigenvalue weighted by Crippen LogP contribution is -2.37. The number of rotatable bonds is 7. The second-order valence-corrected chi connectivity index (χ2v) is 12.7. The first-order chi connectivity index (χ1) is 17.4. The lowest BCUT2D eigenvalue weighted by atomic mass is 9.88. The Morgan fingerprint density at radius 1 is 1.19 bits per heavy atom. The maximum absolute atomic E-state index is 12.5. The number of carbonyl (C=O) groups is 1. The number of nitrogens with zero attached hydrogens (tertiary/aromatic N) is 4. The Bertz CT molecular complexity index is 1200. The summed E-state index contributed by atoms with van der Waals surface area (Å²) < 4.78 is 5.55. The summed E-state index contributed by atoms with van der Waals surface area (Å²) in [5, 5.41) is 11.3. The SMILES string of the molecule is CC(NCc1cc(Nc2nc3cccnc3s2)nc(NC2CCN(C(=O)OC(C)(C)C)C2)c1)C(C)(C)C. The molecule has 0 aliphatic carbocycles. The maximum Gasteiger partial charge on any atom is 0.410 e. The van der Waals surface area contributed by atoms with E-state index in [0.717, 1.165) is 33.3 Å². The molecule has 0 aromatic carbocycles. The summed E-state index contributed by atoms with van der Waals surface area (Å²) in [4.78, 5) is 29.0. The van der Waals surface area contributed by atoms with Crippen LogP contribution >= 0.6 is 11.3 Å². The number of carbonyl (C=O) groups excluding carboxylic acids is 1. The number of anilines is 3. The topological polar surface area (TPSA) is 104 Å². The lowest BCUT2D eigenvalue weighted by molar-refractivity contribution is 0.0293. The van der Waals surface area contributed by atoms with Gasteiger partial charge in [0.15, 0.2) is 5.13 Å². The van der Waals surface area contributed by atoms with Crippen molar-refractivity contribution in [2.45, 2.75) is 79.1 Å². The van der Waals surface area contributed by atoms with Crippen molar-refractivity contribution in [2.75, 3.05) is 23.7 Å². The second-order valence-electron chi connectivity index (χ2n) is 11.7. The number of nitrogens with one attached hydrogen (secondary N) is 3. The van der Waals surface area contributed by atoms with E-state index in [2.05, 4.69) is 65.7 Å². The number of ether oxygens (including phenoxy) is 1. The van der Waals surface area contributed by atoms with E-state index in [1.807, 2.05) is 32.9 Å². The minimum absolute atomic E-state index is 0.0937. The first-order valence-electron chi connectivity index (χ1n) is 12.8. The van der Waals surface area contributed by atoms with Crippen LogP contribution in [0.5, 0.6) is 0 Å². The molecule has 0 radical (unpaired) electrons. The predicted molar refractivity (Wildman–Crippen MR) is 151 cm³/mol. The van der Waals surface area contributed by atoms with Crippen molar-refractivity contribution in [3.63, 3.8) is 0 Å². The summed E-state index contributed by atoms with van der Waals surface area (Å²) >= 11 is 1.50. The highest BCUT2D eigenvalue weighted by Crippen LogP contribution is 2.28. The molecule has 9 nitrogen and oxygen atoms in total. The molecule has 2 unspecified atom stereocenters. The van der Waals surface area contributed by atoms with Gasteiger partial charge in [0.2, 0.25) is 0 Å². The number of thiazole rings is 1. The van der Waals surface area contributed by atoms with Gasteiger partial charge in [-0.1, -0.05) is 32.1 Å². The minimum Gasteiger partial charge on any atom is -0.444 e. The average Bonchev–Trinajstić information content (AvgIpc) is 3.42. The molecular formula is C27H39N7O2S. The van der Waals surface area contributed by atoms with Crippen LogP contribution in [0.25, 0.3) is 10.3 Å². The molecule has 1 amide bonds. The molecule has 1 aliphatic rings. The first kappa shape index (κ1) is 27.1. The molecule has 10 heteroatoms. The van der Waals surface area contributed by atoms with Crippen molar-refractivity contribution < 1.29 is 9.53 Å². The van der Waals surface area contributed by atoms with Crippen molar-refractivity contribution in [1.82, 2.24) is 25.2 Å². The maximum atomic E-state index is 12.5. The highest BCUT2D eigenvalue weighted by atomic mass is 32.1. The van der Waals surface area contributed by atoms with E-state index in [1.165, 1.54) is 11.3 Å². The standard InChI is InChI=1S/C27H39N7O2S/c1-17(26(2,3)4)29-15-18-13-21(30-19-10-12-34(16-19)25(35)36-27(5,6)7)32-22(14-18)33-24-31-20-9-8-11-28-23(20)37-24/h8-9,11,13-14,17,19,29H,10,12,15-16H2,1-7H3,(H2,30,31,32,33). The van der Waals surface area contributed by atoms with Gasteiger partial charge in [-0.15, -0.1) is 0 Å². The molecule has 2 atom stereocenters. The summed E-state index contributed by atoms with van der Waals surface area (Å²) in [5.74, 6) is 1.48. The van der Waals surface area contributed by atoms with Crippen LogP contribution in [-0.2, 0) is 11.3 Å². The van der Waals surface area contributed by atoms with Crippen LogP contribution < -0.4 is 16.0 Å². The van der Waals surface area contributed by atoms with E-state index in [4.69, 9.17) is 9.72 Å². The molecule has 200 valence electrons. The van der Waals surface area contributed by atoms with Gasteiger partial charge < -0.3 is 25.6 Å². The zero-order valence-electron chi connectivity index (χ0n) is 22.9. The number of pyridine rings is 2. The number of aromatic nitrogens is 3. The van der Waals surface area contributed by atoms with Gasteiger partial charge in [0.05, 0.1) is 0 Å². The number of hydrogen-bond donors (Lipinski definition) is 3. The summed E-state index contributed by atoms with van der Waals surface area (Å²) in [6.45, 7) is 16.5. The van der Waals surface area contributed by atoms with Gasteiger partial charge in [0.1, 0.15) is 27.6 Å². The Hall–Kier alpha value is -2.98. The quantitative estimate of drug-likeness (QED) is 0.357. The average molecular weight is 526 g/mol. The van der Waals surface area contributed by atoms with Crippen LogP contribution in [0.15, 0.2) is 30.5 Å².